The molecule has 2 aromatic carbocycles. The highest BCUT2D eigenvalue weighted by Gasteiger charge is 2.21. The van der Waals surface area contributed by atoms with Crippen molar-refractivity contribution in [3.8, 4) is 17.2 Å². The Kier molecular flexibility index (Phi) is 7.76. The fourth-order valence-electron chi connectivity index (χ4n) is 3.85. The van der Waals surface area contributed by atoms with E-state index in [0.29, 0.717) is 12.3 Å². The van der Waals surface area contributed by atoms with Gasteiger partial charge >= 0.3 is 0 Å². The molecule has 1 N–H and O–H groups in total. The van der Waals surface area contributed by atoms with Crippen molar-refractivity contribution in [3.63, 3.8) is 0 Å². The van der Waals surface area contributed by atoms with Crippen molar-refractivity contribution in [1.82, 2.24) is 9.80 Å². The van der Waals surface area contributed by atoms with Crippen molar-refractivity contribution >= 4 is 11.6 Å². The normalized spacial score (nSPS) is 14.9. The van der Waals surface area contributed by atoms with Gasteiger partial charge in [-0.15, -0.1) is 0 Å². The molecule has 168 valence electrons. The number of benzene rings is 2. The van der Waals surface area contributed by atoms with Gasteiger partial charge in [-0.25, -0.2) is 0 Å². The maximum absolute atomic E-state index is 12.6. The molecule has 1 saturated heterocycles. The second-order valence-electron chi connectivity index (χ2n) is 7.94. The number of ether oxygens (including phenoxy) is 3. The Balaban J connectivity index is 1.52. The summed E-state index contributed by atoms with van der Waals surface area (Å²) in [4.78, 5) is 17.2. The van der Waals surface area contributed by atoms with Crippen LogP contribution in [0.1, 0.15) is 16.7 Å². The molecule has 0 spiro atoms. The molecule has 0 saturated carbocycles. The fraction of sp³-hybridized carbons (Fsp3) is 0.458. The third kappa shape index (κ3) is 5.89. The molecule has 1 aliphatic rings. The Morgan fingerprint density at radius 3 is 2.13 bits per heavy atom. The highest BCUT2D eigenvalue weighted by atomic mass is 16.5. The summed E-state index contributed by atoms with van der Waals surface area (Å²) in [6.07, 6.45) is 0. The summed E-state index contributed by atoms with van der Waals surface area (Å²) in [5.74, 6) is 2.16. The predicted molar refractivity (Wildman–Crippen MR) is 122 cm³/mol. The van der Waals surface area contributed by atoms with E-state index in [0.717, 1.165) is 55.5 Å². The predicted octanol–water partition coefficient (Wildman–Crippen LogP) is 3.09. The van der Waals surface area contributed by atoms with Crippen molar-refractivity contribution in [1.29, 1.82) is 0 Å². The number of nitrogens with zero attached hydrogens (tertiary/aromatic N) is 2. The van der Waals surface area contributed by atoms with Gasteiger partial charge in [0.2, 0.25) is 5.91 Å². The molecule has 0 bridgehead atoms. The van der Waals surface area contributed by atoms with E-state index in [1.165, 1.54) is 11.1 Å². The highest BCUT2D eigenvalue weighted by molar-refractivity contribution is 5.93. The van der Waals surface area contributed by atoms with Gasteiger partial charge in [0.1, 0.15) is 5.75 Å². The number of hydrogen-bond donors (Lipinski definition) is 1. The van der Waals surface area contributed by atoms with Crippen molar-refractivity contribution in [2.24, 2.45) is 0 Å². The van der Waals surface area contributed by atoms with Crippen molar-refractivity contribution < 1.29 is 19.0 Å². The third-order valence-electron chi connectivity index (χ3n) is 5.70. The lowest BCUT2D eigenvalue weighted by atomic mass is 10.1. The first kappa shape index (κ1) is 22.9. The fourth-order valence-corrected chi connectivity index (χ4v) is 3.85. The monoisotopic (exact) mass is 427 g/mol. The van der Waals surface area contributed by atoms with Gasteiger partial charge in [-0.05, 0) is 54.8 Å². The summed E-state index contributed by atoms with van der Waals surface area (Å²) >= 11 is 0. The molecule has 2 aromatic rings. The van der Waals surface area contributed by atoms with Crippen LogP contribution in [0.5, 0.6) is 17.2 Å². The van der Waals surface area contributed by atoms with Gasteiger partial charge in [-0.3, -0.25) is 14.6 Å². The third-order valence-corrected chi connectivity index (χ3v) is 5.70. The summed E-state index contributed by atoms with van der Waals surface area (Å²) in [7, 11) is 4.92. The summed E-state index contributed by atoms with van der Waals surface area (Å²) in [6, 6.07) is 9.85. The number of anilines is 1. The molecule has 31 heavy (non-hydrogen) atoms. The Morgan fingerprint density at radius 1 is 0.871 bits per heavy atom. The number of piperazine rings is 1. The summed E-state index contributed by atoms with van der Waals surface area (Å²) in [6.45, 7) is 8.85. The standard InChI is InChI=1S/C24H33N3O4/c1-17-6-7-21(29-3)20(12-17)25-24(28)16-27-10-8-26(9-11-27)15-19-14-23(31-5)22(30-4)13-18(19)2/h6-7,12-14H,8-11,15-16H2,1-5H3,(H,25,28). The quantitative estimate of drug-likeness (QED) is 0.699. The van der Waals surface area contributed by atoms with E-state index in [1.807, 2.05) is 31.2 Å². The van der Waals surface area contributed by atoms with Gasteiger partial charge in [-0.1, -0.05) is 6.07 Å². The maximum Gasteiger partial charge on any atom is 0.238 e. The van der Waals surface area contributed by atoms with Gasteiger partial charge in [0.15, 0.2) is 11.5 Å². The van der Waals surface area contributed by atoms with E-state index >= 15 is 0 Å². The molecule has 1 amide bonds. The lowest BCUT2D eigenvalue weighted by Crippen LogP contribution is -2.48. The molecular weight excluding hydrogens is 394 g/mol. The van der Waals surface area contributed by atoms with E-state index in [1.54, 1.807) is 21.3 Å². The molecule has 1 fully saturated rings. The second kappa shape index (κ2) is 10.5. The molecule has 1 heterocycles. The first-order chi connectivity index (χ1) is 14.9. The van der Waals surface area contributed by atoms with Crippen LogP contribution in [-0.4, -0.2) is 69.8 Å². The van der Waals surface area contributed by atoms with Gasteiger partial charge in [0.05, 0.1) is 33.6 Å². The van der Waals surface area contributed by atoms with E-state index in [9.17, 15) is 4.79 Å². The van der Waals surface area contributed by atoms with Gasteiger partial charge in [0.25, 0.3) is 0 Å². The maximum atomic E-state index is 12.6. The van der Waals surface area contributed by atoms with E-state index in [4.69, 9.17) is 14.2 Å². The molecule has 3 rings (SSSR count). The van der Waals surface area contributed by atoms with Crippen LogP contribution in [0.15, 0.2) is 30.3 Å². The number of nitrogens with one attached hydrogen (secondary N) is 1. The first-order valence-electron chi connectivity index (χ1n) is 10.5. The van der Waals surface area contributed by atoms with E-state index in [2.05, 4.69) is 28.1 Å². The zero-order chi connectivity index (χ0) is 22.4. The van der Waals surface area contributed by atoms with E-state index < -0.39 is 0 Å². The van der Waals surface area contributed by atoms with Crippen LogP contribution in [-0.2, 0) is 11.3 Å². The van der Waals surface area contributed by atoms with Crippen molar-refractivity contribution in [2.75, 3.05) is 59.4 Å². The lowest BCUT2D eigenvalue weighted by molar-refractivity contribution is -0.117. The second-order valence-corrected chi connectivity index (χ2v) is 7.94. The molecule has 0 aliphatic carbocycles. The molecule has 1 aliphatic heterocycles. The molecule has 7 nitrogen and oxygen atoms in total. The van der Waals surface area contributed by atoms with Crippen molar-refractivity contribution in [3.05, 3.63) is 47.0 Å². The van der Waals surface area contributed by atoms with Gasteiger partial charge < -0.3 is 19.5 Å². The molecule has 0 atom stereocenters. The number of rotatable bonds is 8. The van der Waals surface area contributed by atoms with E-state index in [-0.39, 0.29) is 5.91 Å². The number of aryl methyl sites for hydroxylation is 2. The number of carbonyl (C=O) groups excluding carboxylic acids is 1. The minimum atomic E-state index is -0.0203. The van der Waals surface area contributed by atoms with Crippen LogP contribution >= 0.6 is 0 Å². The highest BCUT2D eigenvalue weighted by Crippen LogP contribution is 2.31. The smallest absolute Gasteiger partial charge is 0.238 e. The topological polar surface area (TPSA) is 63.3 Å². The van der Waals surface area contributed by atoms with Crippen molar-refractivity contribution in [2.45, 2.75) is 20.4 Å². The Morgan fingerprint density at radius 2 is 1.48 bits per heavy atom. The molecule has 7 heteroatoms. The molecule has 0 unspecified atom stereocenters. The Labute approximate surface area is 184 Å². The average Bonchev–Trinajstić information content (AvgIpc) is 2.76. The summed E-state index contributed by atoms with van der Waals surface area (Å²) in [5, 5.41) is 2.99. The minimum Gasteiger partial charge on any atom is -0.495 e. The van der Waals surface area contributed by atoms with Gasteiger partial charge in [-0.2, -0.15) is 0 Å². The molecule has 0 aromatic heterocycles. The summed E-state index contributed by atoms with van der Waals surface area (Å²) in [5.41, 5.74) is 4.21. The van der Waals surface area contributed by atoms with Crippen LogP contribution in [0.25, 0.3) is 0 Å². The van der Waals surface area contributed by atoms with Crippen LogP contribution < -0.4 is 19.5 Å². The number of hydrogen-bond acceptors (Lipinski definition) is 6. The average molecular weight is 428 g/mol. The molecular formula is C24H33N3O4. The van der Waals surface area contributed by atoms with Crippen LogP contribution in [0.3, 0.4) is 0 Å². The first-order valence-corrected chi connectivity index (χ1v) is 10.5. The summed E-state index contributed by atoms with van der Waals surface area (Å²) < 4.78 is 16.2. The number of methoxy groups -OCH3 is 3. The number of carbonyl (C=O) groups is 1. The SMILES string of the molecule is COc1ccc(C)cc1NC(=O)CN1CCN(Cc2cc(OC)c(OC)cc2C)CC1. The largest absolute Gasteiger partial charge is 0.495 e. The Bertz CT molecular complexity index is 908. The van der Waals surface area contributed by atoms with Gasteiger partial charge in [0, 0.05) is 32.7 Å². The zero-order valence-electron chi connectivity index (χ0n) is 19.2. The zero-order valence-corrected chi connectivity index (χ0v) is 19.2. The minimum absolute atomic E-state index is 0.0203. The number of amides is 1. The Hall–Kier alpha value is -2.77. The molecule has 0 radical (unpaired) electrons. The van der Waals surface area contributed by atoms with Crippen LogP contribution in [0.2, 0.25) is 0 Å². The van der Waals surface area contributed by atoms with Crippen LogP contribution in [0, 0.1) is 13.8 Å². The lowest BCUT2D eigenvalue weighted by Gasteiger charge is -2.34. The van der Waals surface area contributed by atoms with Crippen LogP contribution in [0.4, 0.5) is 5.69 Å².